The minimum atomic E-state index is -0.457. The Balaban J connectivity index is 1.23. The van der Waals surface area contributed by atoms with Crippen LogP contribution in [-0.2, 0) is 20.8 Å². The number of amides is 3. The molecule has 0 unspecified atom stereocenters. The van der Waals surface area contributed by atoms with Crippen molar-refractivity contribution in [3.63, 3.8) is 0 Å². The number of rotatable bonds is 4. The van der Waals surface area contributed by atoms with Crippen LogP contribution in [0.4, 0.5) is 4.39 Å². The van der Waals surface area contributed by atoms with E-state index in [1.54, 1.807) is 26.8 Å². The molecular weight excluding hydrogens is 447 g/mol. The van der Waals surface area contributed by atoms with Crippen LogP contribution in [0.5, 0.6) is 0 Å². The zero-order chi connectivity index (χ0) is 24.4. The summed E-state index contributed by atoms with van der Waals surface area (Å²) in [4.78, 5) is 46.4. The fourth-order valence-corrected chi connectivity index (χ4v) is 5.06. The minimum absolute atomic E-state index is 0.0262. The van der Waals surface area contributed by atoms with E-state index in [4.69, 9.17) is 0 Å². The van der Waals surface area contributed by atoms with Gasteiger partial charge in [0, 0.05) is 62.3 Å². The molecule has 2 aliphatic rings. The molecule has 0 bridgehead atoms. The lowest BCUT2D eigenvalue weighted by molar-refractivity contribution is -0.153. The van der Waals surface area contributed by atoms with E-state index in [0.29, 0.717) is 52.1 Å². The monoisotopic (exact) mass is 476 g/mol. The molecule has 0 radical (unpaired) electrons. The molecule has 1 N–H and O–H groups in total. The number of aryl methyl sites for hydroxylation is 1. The zero-order valence-electron chi connectivity index (χ0n) is 19.6. The van der Waals surface area contributed by atoms with Crippen molar-refractivity contribution in [3.05, 3.63) is 59.9 Å². The lowest BCUT2D eigenvalue weighted by Gasteiger charge is -2.35. The van der Waals surface area contributed by atoms with Gasteiger partial charge in [-0.2, -0.15) is 0 Å². The summed E-state index contributed by atoms with van der Waals surface area (Å²) in [7, 11) is 0. The molecule has 0 spiro atoms. The van der Waals surface area contributed by atoms with E-state index < -0.39 is 11.8 Å². The molecule has 182 valence electrons. The molecule has 1 aromatic heterocycles. The Morgan fingerprint density at radius 1 is 0.771 bits per heavy atom. The maximum absolute atomic E-state index is 13.5. The number of nitrogens with zero attached hydrogens (tertiary/aromatic N) is 3. The van der Waals surface area contributed by atoms with Gasteiger partial charge in [0.05, 0.1) is 0 Å². The van der Waals surface area contributed by atoms with Crippen molar-refractivity contribution in [2.75, 3.05) is 39.3 Å². The Labute approximate surface area is 203 Å². The first kappa shape index (κ1) is 23.1. The van der Waals surface area contributed by atoms with Crippen LogP contribution in [0.3, 0.4) is 0 Å². The number of fused-ring (bicyclic) bond motifs is 1. The number of aromatic amines is 1. The van der Waals surface area contributed by atoms with Crippen molar-refractivity contribution in [3.8, 4) is 11.3 Å². The number of benzene rings is 2. The highest BCUT2D eigenvalue weighted by Crippen LogP contribution is 2.31. The van der Waals surface area contributed by atoms with Gasteiger partial charge >= 0.3 is 11.8 Å². The van der Waals surface area contributed by atoms with Crippen LogP contribution in [0.1, 0.15) is 24.8 Å². The number of hydrogen-bond donors (Lipinski definition) is 1. The normalized spacial score (nSPS) is 16.2. The van der Waals surface area contributed by atoms with Crippen LogP contribution in [0.25, 0.3) is 22.2 Å². The predicted octanol–water partition coefficient (Wildman–Crippen LogP) is 3.20. The van der Waals surface area contributed by atoms with Crippen molar-refractivity contribution in [2.45, 2.75) is 25.7 Å². The van der Waals surface area contributed by atoms with Crippen LogP contribution in [0.2, 0.25) is 0 Å². The van der Waals surface area contributed by atoms with Gasteiger partial charge in [-0.15, -0.1) is 0 Å². The first-order valence-corrected chi connectivity index (χ1v) is 12.2. The van der Waals surface area contributed by atoms with E-state index in [1.165, 1.54) is 12.1 Å². The second-order valence-corrected chi connectivity index (χ2v) is 9.20. The van der Waals surface area contributed by atoms with E-state index >= 15 is 0 Å². The number of halogens is 1. The topological polar surface area (TPSA) is 76.7 Å². The molecular formula is C27H29FN4O3. The van der Waals surface area contributed by atoms with E-state index in [9.17, 15) is 18.8 Å². The average Bonchev–Trinajstić information content (AvgIpc) is 3.55. The largest absolute Gasteiger partial charge is 0.354 e. The smallest absolute Gasteiger partial charge is 0.312 e. The third kappa shape index (κ3) is 4.78. The lowest BCUT2D eigenvalue weighted by Crippen LogP contribution is -2.54. The van der Waals surface area contributed by atoms with Crippen molar-refractivity contribution < 1.29 is 18.8 Å². The zero-order valence-corrected chi connectivity index (χ0v) is 19.6. The number of carbonyl (C=O) groups excluding carboxylic acids is 3. The molecule has 3 heterocycles. The van der Waals surface area contributed by atoms with Gasteiger partial charge in [0.15, 0.2) is 0 Å². The molecule has 3 amide bonds. The van der Waals surface area contributed by atoms with Crippen molar-refractivity contribution >= 4 is 28.6 Å². The second kappa shape index (κ2) is 9.90. The Kier molecular flexibility index (Phi) is 6.53. The van der Waals surface area contributed by atoms with Gasteiger partial charge in [0.2, 0.25) is 5.91 Å². The second-order valence-electron chi connectivity index (χ2n) is 9.20. The Bertz CT molecular complexity index is 1240. The maximum atomic E-state index is 13.5. The van der Waals surface area contributed by atoms with Crippen LogP contribution in [0.15, 0.2) is 48.5 Å². The van der Waals surface area contributed by atoms with E-state index in [0.717, 1.165) is 40.6 Å². The summed E-state index contributed by atoms with van der Waals surface area (Å²) < 4.78 is 13.5. The fourth-order valence-electron chi connectivity index (χ4n) is 5.06. The number of hydrogen-bond acceptors (Lipinski definition) is 3. The van der Waals surface area contributed by atoms with Crippen LogP contribution < -0.4 is 0 Å². The van der Waals surface area contributed by atoms with Gasteiger partial charge < -0.3 is 19.7 Å². The Hall–Kier alpha value is -3.68. The van der Waals surface area contributed by atoms with Crippen LogP contribution in [0, 0.1) is 5.82 Å². The van der Waals surface area contributed by atoms with Crippen LogP contribution in [-0.4, -0.2) is 76.7 Å². The summed E-state index contributed by atoms with van der Waals surface area (Å²) in [6.07, 6.45) is 2.76. The number of H-pyrrole nitrogens is 1. The quantitative estimate of drug-likeness (QED) is 0.588. The fraction of sp³-hybridized carbons (Fsp3) is 0.370. The number of aromatic nitrogens is 1. The number of piperazine rings is 1. The van der Waals surface area contributed by atoms with E-state index in [-0.39, 0.29) is 11.7 Å². The summed E-state index contributed by atoms with van der Waals surface area (Å²) >= 11 is 0. The predicted molar refractivity (Wildman–Crippen MR) is 131 cm³/mol. The average molecular weight is 477 g/mol. The van der Waals surface area contributed by atoms with Gasteiger partial charge in [0.25, 0.3) is 0 Å². The highest BCUT2D eigenvalue weighted by atomic mass is 19.1. The first-order chi connectivity index (χ1) is 17.0. The summed E-state index contributed by atoms with van der Waals surface area (Å²) in [5, 5.41) is 1.05. The molecule has 2 aromatic carbocycles. The van der Waals surface area contributed by atoms with Crippen molar-refractivity contribution in [2.24, 2.45) is 0 Å². The summed E-state index contributed by atoms with van der Waals surface area (Å²) in [5.41, 5.74) is 3.78. The number of para-hydroxylation sites is 1. The molecule has 0 aliphatic carbocycles. The van der Waals surface area contributed by atoms with E-state index in [1.807, 2.05) is 24.3 Å². The van der Waals surface area contributed by atoms with Gasteiger partial charge in [-0.05, 0) is 60.7 Å². The molecule has 35 heavy (non-hydrogen) atoms. The van der Waals surface area contributed by atoms with Gasteiger partial charge in [-0.25, -0.2) is 4.39 Å². The molecule has 0 atom stereocenters. The molecule has 0 saturated carbocycles. The standard InChI is InChI=1S/C27H29FN4O3/c28-20-9-7-19(8-10-20)25-22(21-5-1-2-6-23(21)29-25)11-12-24(33)30-15-17-32(18-16-30)27(35)26(34)31-13-3-4-14-31/h1-2,5-10,29H,3-4,11-18H2. The maximum Gasteiger partial charge on any atom is 0.312 e. The molecule has 2 fully saturated rings. The van der Waals surface area contributed by atoms with Crippen LogP contribution >= 0.6 is 0 Å². The van der Waals surface area contributed by atoms with E-state index in [2.05, 4.69) is 4.98 Å². The SMILES string of the molecule is O=C(CCc1c(-c2ccc(F)cc2)[nH]c2ccccc12)N1CCN(C(=O)C(=O)N2CCCC2)CC1. The molecule has 7 nitrogen and oxygen atoms in total. The number of nitrogens with one attached hydrogen (secondary N) is 1. The first-order valence-electron chi connectivity index (χ1n) is 12.2. The van der Waals surface area contributed by atoms with Gasteiger partial charge in [0.1, 0.15) is 5.82 Å². The number of likely N-dealkylation sites (tertiary alicyclic amines) is 1. The van der Waals surface area contributed by atoms with Crippen molar-refractivity contribution in [1.29, 1.82) is 0 Å². The summed E-state index contributed by atoms with van der Waals surface area (Å²) in [6.45, 7) is 2.90. The van der Waals surface area contributed by atoms with Crippen molar-refractivity contribution in [1.82, 2.24) is 19.7 Å². The van der Waals surface area contributed by atoms with Gasteiger partial charge in [-0.1, -0.05) is 18.2 Å². The molecule has 8 heteroatoms. The summed E-state index contributed by atoms with van der Waals surface area (Å²) in [5.74, 6) is -1.14. The van der Waals surface area contributed by atoms with Gasteiger partial charge in [-0.3, -0.25) is 14.4 Å². The summed E-state index contributed by atoms with van der Waals surface area (Å²) in [6, 6.07) is 14.3. The Morgan fingerprint density at radius 2 is 1.37 bits per heavy atom. The highest BCUT2D eigenvalue weighted by molar-refractivity contribution is 6.35. The number of carbonyl (C=O) groups is 3. The molecule has 2 aliphatic heterocycles. The third-order valence-corrected chi connectivity index (χ3v) is 7.03. The Morgan fingerprint density at radius 3 is 2.06 bits per heavy atom. The minimum Gasteiger partial charge on any atom is -0.354 e. The molecule has 2 saturated heterocycles. The molecule has 3 aromatic rings. The molecule has 5 rings (SSSR count). The third-order valence-electron chi connectivity index (χ3n) is 7.03. The lowest BCUT2D eigenvalue weighted by atomic mass is 10.0. The highest BCUT2D eigenvalue weighted by Gasteiger charge is 2.31.